The van der Waals surface area contributed by atoms with Crippen LogP contribution in [0.3, 0.4) is 0 Å². The zero-order valence-corrected chi connectivity index (χ0v) is 13.8. The van der Waals surface area contributed by atoms with E-state index in [-0.39, 0.29) is 5.54 Å². The minimum atomic E-state index is 0.172. The summed E-state index contributed by atoms with van der Waals surface area (Å²) in [7, 11) is 0. The van der Waals surface area contributed by atoms with Crippen LogP contribution >= 0.6 is 0 Å². The lowest BCUT2D eigenvalue weighted by atomic mass is 9.80. The topological polar surface area (TPSA) is 62.9 Å². The van der Waals surface area contributed by atoms with Gasteiger partial charge in [-0.15, -0.1) is 0 Å². The summed E-state index contributed by atoms with van der Waals surface area (Å²) < 4.78 is 5.53. The van der Waals surface area contributed by atoms with Gasteiger partial charge in [0.1, 0.15) is 0 Å². The number of rotatable bonds is 4. The van der Waals surface area contributed by atoms with E-state index in [4.69, 9.17) is 15.5 Å². The van der Waals surface area contributed by atoms with Gasteiger partial charge in [0.05, 0.1) is 19.8 Å². The lowest BCUT2D eigenvalue weighted by Crippen LogP contribution is -2.56. The number of guanidine groups is 1. The van der Waals surface area contributed by atoms with Crippen LogP contribution in [0.15, 0.2) is 35.3 Å². The van der Waals surface area contributed by atoms with E-state index in [2.05, 4.69) is 10.2 Å². The number of nitrogens with two attached hydrogens (primary N) is 1. The fourth-order valence-electron chi connectivity index (χ4n) is 3.76. The molecule has 0 spiro atoms. The Morgan fingerprint density at radius 2 is 1.83 bits per heavy atom. The van der Waals surface area contributed by atoms with Gasteiger partial charge in [-0.3, -0.25) is 9.89 Å². The Morgan fingerprint density at radius 3 is 2.52 bits per heavy atom. The van der Waals surface area contributed by atoms with Crippen LogP contribution in [-0.4, -0.2) is 49.2 Å². The molecule has 1 saturated heterocycles. The van der Waals surface area contributed by atoms with E-state index in [1.807, 2.05) is 30.3 Å². The minimum Gasteiger partial charge on any atom is -0.379 e. The molecule has 0 bridgehead atoms. The number of nitrogens with one attached hydrogen (secondary N) is 1. The average Bonchev–Trinajstić information content (AvgIpc) is 2.62. The first kappa shape index (κ1) is 16.3. The highest BCUT2D eigenvalue weighted by molar-refractivity contribution is 5.92. The molecule has 3 rings (SSSR count). The Labute approximate surface area is 138 Å². The highest BCUT2D eigenvalue weighted by Gasteiger charge is 2.38. The molecule has 0 amide bonds. The number of anilines is 1. The van der Waals surface area contributed by atoms with Crippen molar-refractivity contribution in [3.8, 4) is 0 Å². The largest absolute Gasteiger partial charge is 0.379 e. The highest BCUT2D eigenvalue weighted by Crippen LogP contribution is 2.34. The molecule has 23 heavy (non-hydrogen) atoms. The Bertz CT molecular complexity index is 505. The Kier molecular flexibility index (Phi) is 5.51. The van der Waals surface area contributed by atoms with E-state index < -0.39 is 0 Å². The van der Waals surface area contributed by atoms with Crippen LogP contribution in [0.4, 0.5) is 5.69 Å². The maximum Gasteiger partial charge on any atom is 0.193 e. The molecule has 0 atom stereocenters. The zero-order chi connectivity index (χ0) is 16.0. The van der Waals surface area contributed by atoms with Crippen molar-refractivity contribution in [3.63, 3.8) is 0 Å². The molecule has 1 aromatic carbocycles. The number of para-hydroxylation sites is 1. The second kappa shape index (κ2) is 7.79. The summed E-state index contributed by atoms with van der Waals surface area (Å²) in [6, 6.07) is 9.98. The number of hydrogen-bond acceptors (Lipinski definition) is 3. The third-order valence-electron chi connectivity index (χ3n) is 5.06. The van der Waals surface area contributed by atoms with Crippen LogP contribution in [0.25, 0.3) is 0 Å². The quantitative estimate of drug-likeness (QED) is 0.661. The molecule has 0 radical (unpaired) electrons. The summed E-state index contributed by atoms with van der Waals surface area (Å²) in [6.07, 6.45) is 6.36. The fourth-order valence-corrected chi connectivity index (χ4v) is 3.76. The Hall–Kier alpha value is -1.59. The van der Waals surface area contributed by atoms with Gasteiger partial charge in [-0.05, 0) is 25.0 Å². The lowest BCUT2D eigenvalue weighted by Gasteiger charge is -2.47. The molecule has 1 aliphatic carbocycles. The molecule has 2 fully saturated rings. The van der Waals surface area contributed by atoms with Gasteiger partial charge in [-0.2, -0.15) is 0 Å². The number of morpholine rings is 1. The number of nitrogens with zero attached hydrogens (tertiary/aromatic N) is 2. The number of hydrogen-bond donors (Lipinski definition) is 2. The summed E-state index contributed by atoms with van der Waals surface area (Å²) in [5, 5.41) is 3.19. The van der Waals surface area contributed by atoms with Crippen molar-refractivity contribution in [2.75, 3.05) is 38.2 Å². The second-order valence-corrected chi connectivity index (χ2v) is 6.58. The van der Waals surface area contributed by atoms with E-state index in [0.717, 1.165) is 38.5 Å². The van der Waals surface area contributed by atoms with Gasteiger partial charge in [-0.1, -0.05) is 37.5 Å². The van der Waals surface area contributed by atoms with Crippen LogP contribution < -0.4 is 11.1 Å². The third kappa shape index (κ3) is 4.24. The third-order valence-corrected chi connectivity index (χ3v) is 5.06. The van der Waals surface area contributed by atoms with Gasteiger partial charge in [0.2, 0.25) is 0 Å². The molecular weight excluding hydrogens is 288 g/mol. The van der Waals surface area contributed by atoms with Crippen LogP contribution in [0.1, 0.15) is 32.1 Å². The smallest absolute Gasteiger partial charge is 0.193 e. The van der Waals surface area contributed by atoms with Crippen LogP contribution in [0, 0.1) is 0 Å². The molecule has 126 valence electrons. The second-order valence-electron chi connectivity index (χ2n) is 6.58. The number of ether oxygens (including phenoxy) is 1. The molecule has 2 aliphatic rings. The van der Waals surface area contributed by atoms with E-state index in [0.29, 0.717) is 5.96 Å². The normalized spacial score (nSPS) is 22.7. The van der Waals surface area contributed by atoms with Crippen LogP contribution in [-0.2, 0) is 4.74 Å². The van der Waals surface area contributed by atoms with Gasteiger partial charge in [0.25, 0.3) is 0 Å². The van der Waals surface area contributed by atoms with Gasteiger partial charge in [0, 0.05) is 24.3 Å². The number of aliphatic imine (C=N–C) groups is 1. The predicted octanol–water partition coefficient (Wildman–Crippen LogP) is 2.45. The molecule has 1 saturated carbocycles. The van der Waals surface area contributed by atoms with Crippen molar-refractivity contribution in [2.45, 2.75) is 37.6 Å². The summed E-state index contributed by atoms with van der Waals surface area (Å²) in [4.78, 5) is 7.28. The van der Waals surface area contributed by atoms with Crippen LogP contribution in [0.2, 0.25) is 0 Å². The van der Waals surface area contributed by atoms with Crippen LogP contribution in [0.5, 0.6) is 0 Å². The van der Waals surface area contributed by atoms with E-state index in [1.54, 1.807) is 0 Å². The van der Waals surface area contributed by atoms with E-state index in [1.165, 1.54) is 32.1 Å². The first-order chi connectivity index (χ1) is 11.3. The SMILES string of the molecule is NC(=NCC1(N2CCOCC2)CCCCC1)Nc1ccccc1. The Morgan fingerprint density at radius 1 is 1.13 bits per heavy atom. The average molecular weight is 316 g/mol. The molecule has 1 heterocycles. The monoisotopic (exact) mass is 316 g/mol. The predicted molar refractivity (Wildman–Crippen MR) is 94.8 cm³/mol. The molecular formula is C18H28N4O. The Balaban J connectivity index is 1.66. The first-order valence-corrected chi connectivity index (χ1v) is 8.73. The highest BCUT2D eigenvalue weighted by atomic mass is 16.5. The van der Waals surface area contributed by atoms with Crippen molar-refractivity contribution in [2.24, 2.45) is 10.7 Å². The summed E-state index contributed by atoms with van der Waals surface area (Å²) in [5.74, 6) is 0.509. The van der Waals surface area contributed by atoms with Gasteiger partial charge in [-0.25, -0.2) is 0 Å². The summed E-state index contributed by atoms with van der Waals surface area (Å²) in [5.41, 5.74) is 7.26. The fraction of sp³-hybridized carbons (Fsp3) is 0.611. The lowest BCUT2D eigenvalue weighted by molar-refractivity contribution is -0.0333. The zero-order valence-electron chi connectivity index (χ0n) is 13.8. The first-order valence-electron chi connectivity index (χ1n) is 8.73. The molecule has 0 unspecified atom stereocenters. The minimum absolute atomic E-state index is 0.172. The standard InChI is InChI=1S/C18H28N4O/c19-17(21-16-7-3-1-4-8-16)20-15-18(9-5-2-6-10-18)22-11-13-23-14-12-22/h1,3-4,7-8H,2,5-6,9-15H2,(H3,19,20,21). The van der Waals surface area contributed by atoms with Crippen molar-refractivity contribution >= 4 is 11.6 Å². The van der Waals surface area contributed by atoms with Gasteiger partial charge in [0.15, 0.2) is 5.96 Å². The van der Waals surface area contributed by atoms with Gasteiger partial charge >= 0.3 is 0 Å². The molecule has 0 aromatic heterocycles. The summed E-state index contributed by atoms with van der Waals surface area (Å²) >= 11 is 0. The molecule has 3 N–H and O–H groups in total. The molecule has 1 aliphatic heterocycles. The van der Waals surface area contributed by atoms with E-state index >= 15 is 0 Å². The molecule has 5 heteroatoms. The van der Waals surface area contributed by atoms with Crippen molar-refractivity contribution in [3.05, 3.63) is 30.3 Å². The van der Waals surface area contributed by atoms with Crippen molar-refractivity contribution < 1.29 is 4.74 Å². The molecule has 1 aromatic rings. The maximum atomic E-state index is 6.11. The molecule has 5 nitrogen and oxygen atoms in total. The van der Waals surface area contributed by atoms with Crippen molar-refractivity contribution in [1.82, 2.24) is 4.90 Å². The summed E-state index contributed by atoms with van der Waals surface area (Å²) in [6.45, 7) is 4.48. The number of benzene rings is 1. The van der Waals surface area contributed by atoms with E-state index in [9.17, 15) is 0 Å². The van der Waals surface area contributed by atoms with Gasteiger partial charge < -0.3 is 15.8 Å². The maximum absolute atomic E-state index is 6.11. The van der Waals surface area contributed by atoms with Crippen molar-refractivity contribution in [1.29, 1.82) is 0 Å².